The summed E-state index contributed by atoms with van der Waals surface area (Å²) in [6.45, 7) is 7.39. The van der Waals surface area contributed by atoms with Gasteiger partial charge in [0.1, 0.15) is 5.82 Å². The number of rotatable bonds is 10. The van der Waals surface area contributed by atoms with Crippen molar-refractivity contribution in [3.63, 3.8) is 0 Å². The average Bonchev–Trinajstić information content (AvgIpc) is 2.99. The Balaban J connectivity index is 1.66. The average molecular weight is 522 g/mol. The Morgan fingerprint density at radius 2 is 1.65 bits per heavy atom. The summed E-state index contributed by atoms with van der Waals surface area (Å²) in [5, 5.41) is 2.96. The number of hydrogen-bond donors (Lipinski definition) is 1. The number of fused-ring (bicyclic) bond motifs is 2. The molecule has 37 heavy (non-hydrogen) atoms. The fourth-order valence-electron chi connectivity index (χ4n) is 4.56. The first-order valence-corrected chi connectivity index (χ1v) is 13.8. The maximum absolute atomic E-state index is 14.6. The van der Waals surface area contributed by atoms with Gasteiger partial charge in [0.15, 0.2) is 0 Å². The van der Waals surface area contributed by atoms with Crippen molar-refractivity contribution in [2.75, 3.05) is 31.1 Å². The van der Waals surface area contributed by atoms with Crippen molar-refractivity contribution in [2.45, 2.75) is 43.0 Å². The van der Waals surface area contributed by atoms with Crippen LogP contribution in [0.1, 0.15) is 53.0 Å². The number of amides is 2. The third-order valence-corrected chi connectivity index (χ3v) is 7.85. The third kappa shape index (κ3) is 5.97. The molecule has 6 nitrogen and oxygen atoms in total. The van der Waals surface area contributed by atoms with E-state index in [4.69, 9.17) is 0 Å². The quantitative estimate of drug-likeness (QED) is 0.408. The van der Waals surface area contributed by atoms with E-state index in [0.717, 1.165) is 32.5 Å². The normalized spacial score (nSPS) is 14.8. The van der Waals surface area contributed by atoms with Gasteiger partial charge < -0.3 is 15.1 Å². The molecule has 1 unspecified atom stereocenters. The molecule has 194 valence electrons. The Morgan fingerprint density at radius 1 is 0.946 bits per heavy atom. The van der Waals surface area contributed by atoms with Crippen LogP contribution >= 0.6 is 0 Å². The van der Waals surface area contributed by atoms with Crippen LogP contribution in [0.3, 0.4) is 0 Å². The Kier molecular flexibility index (Phi) is 8.84. The minimum absolute atomic E-state index is 0.0574. The van der Waals surface area contributed by atoms with Gasteiger partial charge in [-0.3, -0.25) is 9.59 Å². The van der Waals surface area contributed by atoms with Crippen molar-refractivity contribution in [1.82, 2.24) is 10.2 Å². The lowest BCUT2D eigenvalue weighted by Gasteiger charge is -2.24. The Hall–Kier alpha value is -3.36. The highest BCUT2D eigenvalue weighted by Gasteiger charge is 2.32. The van der Waals surface area contributed by atoms with Gasteiger partial charge in [-0.1, -0.05) is 44.2 Å². The third-order valence-electron chi connectivity index (χ3n) is 6.35. The predicted molar refractivity (Wildman–Crippen MR) is 144 cm³/mol. The maximum atomic E-state index is 14.6. The number of carbonyl (C=O) groups excluding carboxylic acids is 2. The first-order chi connectivity index (χ1) is 17.9. The van der Waals surface area contributed by atoms with Gasteiger partial charge in [-0.25, -0.2) is 8.60 Å². The molecule has 4 rings (SSSR count). The second-order valence-corrected chi connectivity index (χ2v) is 10.4. The number of nitrogens with one attached hydrogen (secondary N) is 1. The van der Waals surface area contributed by atoms with Crippen LogP contribution in [0, 0.1) is 5.82 Å². The lowest BCUT2D eigenvalue weighted by molar-refractivity contribution is 0.0945. The van der Waals surface area contributed by atoms with Gasteiger partial charge in [-0.2, -0.15) is 0 Å². The zero-order chi connectivity index (χ0) is 26.4. The van der Waals surface area contributed by atoms with Gasteiger partial charge in [0.2, 0.25) is 0 Å². The molecule has 0 radical (unpaired) electrons. The summed E-state index contributed by atoms with van der Waals surface area (Å²) >= 11 is 0. The van der Waals surface area contributed by atoms with Gasteiger partial charge in [0.05, 0.1) is 38.4 Å². The zero-order valence-corrected chi connectivity index (χ0v) is 22.0. The standard InChI is InChI=1S/C29H32FN3O3S/c1-3-16-32(17-4-2)18-15-31-28(34)21-13-14-27-25(19-21)33(20-22-9-5-7-11-24(22)30)29(35)23-10-6-8-12-26(23)37(27)36/h5-14,19H,3-4,15-18,20H2,1-2H3,(H,31,34). The molecular weight excluding hydrogens is 489 g/mol. The number of halogens is 1. The maximum Gasteiger partial charge on any atom is 0.259 e. The van der Waals surface area contributed by atoms with Crippen LogP contribution in [0.25, 0.3) is 0 Å². The van der Waals surface area contributed by atoms with Crippen LogP contribution in [-0.2, 0) is 17.3 Å². The second-order valence-electron chi connectivity index (χ2n) is 9.03. The molecule has 1 N–H and O–H groups in total. The molecule has 1 aliphatic heterocycles. The highest BCUT2D eigenvalue weighted by molar-refractivity contribution is 7.85. The minimum Gasteiger partial charge on any atom is -0.351 e. The summed E-state index contributed by atoms with van der Waals surface area (Å²) in [5.74, 6) is -1.10. The fraction of sp³-hybridized carbons (Fsp3) is 0.310. The van der Waals surface area contributed by atoms with E-state index in [1.165, 1.54) is 11.0 Å². The molecule has 0 fully saturated rings. The van der Waals surface area contributed by atoms with Crippen LogP contribution in [0.2, 0.25) is 0 Å². The van der Waals surface area contributed by atoms with E-state index in [9.17, 15) is 18.2 Å². The molecule has 1 aliphatic rings. The molecule has 1 heterocycles. The topological polar surface area (TPSA) is 69.7 Å². The smallest absolute Gasteiger partial charge is 0.259 e. The van der Waals surface area contributed by atoms with Crippen molar-refractivity contribution in [3.8, 4) is 0 Å². The van der Waals surface area contributed by atoms with Crippen LogP contribution in [-0.4, -0.2) is 47.1 Å². The van der Waals surface area contributed by atoms with Crippen molar-refractivity contribution in [3.05, 3.63) is 89.2 Å². The molecule has 0 bridgehead atoms. The molecule has 1 atom stereocenters. The Bertz CT molecular complexity index is 1310. The molecule has 0 saturated carbocycles. The summed E-state index contributed by atoms with van der Waals surface area (Å²) in [7, 11) is -1.64. The lowest BCUT2D eigenvalue weighted by Crippen LogP contribution is -2.36. The van der Waals surface area contributed by atoms with E-state index in [0.29, 0.717) is 38.7 Å². The zero-order valence-electron chi connectivity index (χ0n) is 21.2. The summed E-state index contributed by atoms with van der Waals surface area (Å²) in [4.78, 5) is 31.3. The van der Waals surface area contributed by atoms with E-state index in [1.54, 1.807) is 60.7 Å². The molecule has 8 heteroatoms. The van der Waals surface area contributed by atoms with Crippen LogP contribution in [0.4, 0.5) is 10.1 Å². The van der Waals surface area contributed by atoms with Crippen LogP contribution in [0.5, 0.6) is 0 Å². The van der Waals surface area contributed by atoms with Gasteiger partial charge in [0, 0.05) is 24.2 Å². The molecule has 0 spiro atoms. The van der Waals surface area contributed by atoms with Crippen LogP contribution in [0.15, 0.2) is 76.5 Å². The van der Waals surface area contributed by atoms with Gasteiger partial charge >= 0.3 is 0 Å². The SMILES string of the molecule is CCCN(CCC)CCNC(=O)c1ccc2c(c1)N(Cc1ccccc1F)C(=O)c1ccccc1S2=O. The van der Waals surface area contributed by atoms with Crippen LogP contribution < -0.4 is 10.2 Å². The monoisotopic (exact) mass is 521 g/mol. The van der Waals surface area contributed by atoms with Crippen molar-refractivity contribution < 1.29 is 18.2 Å². The highest BCUT2D eigenvalue weighted by atomic mass is 32.2. The number of nitrogens with zero attached hydrogens (tertiary/aromatic N) is 2. The van der Waals surface area contributed by atoms with Gasteiger partial charge in [-0.05, 0) is 62.3 Å². The number of anilines is 1. The summed E-state index contributed by atoms with van der Waals surface area (Å²) in [6, 6.07) is 17.8. The number of benzene rings is 3. The molecule has 0 saturated heterocycles. The van der Waals surface area contributed by atoms with Gasteiger partial charge in [-0.15, -0.1) is 0 Å². The number of hydrogen-bond acceptors (Lipinski definition) is 4. The van der Waals surface area contributed by atoms with Crippen molar-refractivity contribution in [1.29, 1.82) is 0 Å². The molecule has 2 amide bonds. The Morgan fingerprint density at radius 3 is 2.38 bits per heavy atom. The first kappa shape index (κ1) is 26.7. The predicted octanol–water partition coefficient (Wildman–Crippen LogP) is 5.00. The number of carbonyl (C=O) groups is 2. The largest absolute Gasteiger partial charge is 0.351 e. The Labute approximate surface area is 219 Å². The highest BCUT2D eigenvalue weighted by Crippen LogP contribution is 2.36. The lowest BCUT2D eigenvalue weighted by atomic mass is 10.1. The van der Waals surface area contributed by atoms with E-state index in [2.05, 4.69) is 24.1 Å². The fourth-order valence-corrected chi connectivity index (χ4v) is 5.90. The summed E-state index contributed by atoms with van der Waals surface area (Å²) < 4.78 is 28.1. The van der Waals surface area contributed by atoms with Crippen molar-refractivity contribution in [2.24, 2.45) is 0 Å². The molecule has 3 aromatic rings. The summed E-state index contributed by atoms with van der Waals surface area (Å²) in [6.07, 6.45) is 2.09. The minimum atomic E-state index is -1.64. The second kappa shape index (κ2) is 12.3. The first-order valence-electron chi connectivity index (χ1n) is 12.6. The van der Waals surface area contributed by atoms with E-state index in [1.807, 2.05) is 0 Å². The summed E-state index contributed by atoms with van der Waals surface area (Å²) in [5.41, 5.74) is 1.32. The molecule has 0 aromatic heterocycles. The molecule has 3 aromatic carbocycles. The van der Waals surface area contributed by atoms with E-state index >= 15 is 0 Å². The molecular formula is C29H32FN3O3S. The van der Waals surface area contributed by atoms with E-state index < -0.39 is 22.5 Å². The van der Waals surface area contributed by atoms with Gasteiger partial charge in [0.25, 0.3) is 11.8 Å². The van der Waals surface area contributed by atoms with Crippen molar-refractivity contribution >= 4 is 28.3 Å². The molecule has 0 aliphatic carbocycles. The van der Waals surface area contributed by atoms with E-state index in [-0.39, 0.29) is 12.5 Å².